The average molecular weight is 321 g/mol. The van der Waals surface area contributed by atoms with Gasteiger partial charge in [0.25, 0.3) is 5.91 Å². The minimum absolute atomic E-state index is 0.0752. The van der Waals surface area contributed by atoms with Gasteiger partial charge in [-0.25, -0.2) is 0 Å². The number of rotatable bonds is 1. The van der Waals surface area contributed by atoms with E-state index >= 15 is 0 Å². The van der Waals surface area contributed by atoms with Crippen LogP contribution < -0.4 is 10.6 Å². The molecule has 0 spiro atoms. The predicted octanol–water partition coefficient (Wildman–Crippen LogP) is 4.17. The molecule has 1 amide bonds. The van der Waals surface area contributed by atoms with E-state index in [2.05, 4.69) is 0 Å². The monoisotopic (exact) mass is 320 g/mol. The van der Waals surface area contributed by atoms with Gasteiger partial charge in [-0.2, -0.15) is 0 Å². The van der Waals surface area contributed by atoms with Crippen LogP contribution in [-0.4, -0.2) is 11.9 Å². The number of nitrogen functional groups attached to an aromatic ring is 1. The molecular weight excluding hydrogens is 307 g/mol. The number of halogens is 2. The zero-order valence-corrected chi connectivity index (χ0v) is 12.9. The third-order valence-electron chi connectivity index (χ3n) is 3.71. The van der Waals surface area contributed by atoms with Gasteiger partial charge >= 0.3 is 0 Å². The maximum Gasteiger partial charge on any atom is 0.260 e. The number of nitrogens with zero attached hydrogens (tertiary/aromatic N) is 1. The lowest BCUT2D eigenvalue weighted by Crippen LogP contribution is -2.36. The van der Waals surface area contributed by atoms with E-state index in [0.29, 0.717) is 16.3 Å². The number of anilines is 2. The molecule has 2 aromatic rings. The van der Waals surface area contributed by atoms with Crippen LogP contribution in [0.4, 0.5) is 11.4 Å². The molecule has 1 heterocycles. The Labute approximate surface area is 133 Å². The molecule has 108 valence electrons. The summed E-state index contributed by atoms with van der Waals surface area (Å²) in [6.07, 6.45) is 0.829. The van der Waals surface area contributed by atoms with Crippen molar-refractivity contribution in [3.63, 3.8) is 0 Å². The fraction of sp³-hybridized carbons (Fsp3) is 0.188. The van der Waals surface area contributed by atoms with Crippen LogP contribution >= 0.6 is 23.2 Å². The van der Waals surface area contributed by atoms with Crippen molar-refractivity contribution in [1.82, 2.24) is 0 Å². The standard InChI is InChI=1S/C16H14Cl2N2O/c1-9-6-10-4-2-3-5-14(10)20(9)16(21)12-7-11(19)8-13(17)15(12)18/h2-5,7-9H,6,19H2,1H3. The summed E-state index contributed by atoms with van der Waals surface area (Å²) in [4.78, 5) is 14.6. The van der Waals surface area contributed by atoms with Crippen LogP contribution in [-0.2, 0) is 6.42 Å². The number of benzene rings is 2. The van der Waals surface area contributed by atoms with E-state index in [1.54, 1.807) is 17.0 Å². The smallest absolute Gasteiger partial charge is 0.260 e. The third-order valence-corrected chi connectivity index (χ3v) is 4.51. The fourth-order valence-electron chi connectivity index (χ4n) is 2.77. The number of amides is 1. The first kappa shape index (κ1) is 14.2. The number of fused-ring (bicyclic) bond motifs is 1. The summed E-state index contributed by atoms with van der Waals surface area (Å²) < 4.78 is 0. The van der Waals surface area contributed by atoms with E-state index in [4.69, 9.17) is 28.9 Å². The quantitative estimate of drug-likeness (QED) is 0.802. The van der Waals surface area contributed by atoms with Crippen LogP contribution in [0.1, 0.15) is 22.8 Å². The molecule has 3 nitrogen and oxygen atoms in total. The number of hydrogen-bond acceptors (Lipinski definition) is 2. The Bertz CT molecular complexity index is 730. The summed E-state index contributed by atoms with van der Waals surface area (Å²) in [5, 5.41) is 0.535. The second-order valence-corrected chi connectivity index (χ2v) is 6.01. The summed E-state index contributed by atoms with van der Waals surface area (Å²) in [5.41, 5.74) is 8.62. The fourth-order valence-corrected chi connectivity index (χ4v) is 3.19. The van der Waals surface area contributed by atoms with Gasteiger partial charge in [-0.15, -0.1) is 0 Å². The van der Waals surface area contributed by atoms with Crippen LogP contribution in [0.2, 0.25) is 10.0 Å². The lowest BCUT2D eigenvalue weighted by Gasteiger charge is -2.23. The molecule has 0 saturated carbocycles. The van der Waals surface area contributed by atoms with Gasteiger partial charge in [0.15, 0.2) is 0 Å². The summed E-state index contributed by atoms with van der Waals surface area (Å²) in [6.45, 7) is 2.01. The summed E-state index contributed by atoms with van der Waals surface area (Å²) in [5.74, 6) is -0.174. The normalized spacial score (nSPS) is 16.9. The van der Waals surface area contributed by atoms with E-state index in [9.17, 15) is 4.79 Å². The summed E-state index contributed by atoms with van der Waals surface area (Å²) in [7, 11) is 0. The van der Waals surface area contributed by atoms with Crippen molar-refractivity contribution in [3.8, 4) is 0 Å². The Morgan fingerprint density at radius 3 is 2.76 bits per heavy atom. The van der Waals surface area contributed by atoms with Gasteiger partial charge in [0.2, 0.25) is 0 Å². The maximum absolute atomic E-state index is 12.9. The molecule has 2 N–H and O–H groups in total. The number of carbonyl (C=O) groups excluding carboxylic acids is 1. The molecule has 1 unspecified atom stereocenters. The van der Waals surface area contributed by atoms with Crippen molar-refractivity contribution in [1.29, 1.82) is 0 Å². The first-order valence-electron chi connectivity index (χ1n) is 6.65. The maximum atomic E-state index is 12.9. The Hall–Kier alpha value is -1.71. The van der Waals surface area contributed by atoms with Crippen LogP contribution in [0.25, 0.3) is 0 Å². The van der Waals surface area contributed by atoms with Gasteiger partial charge in [-0.05, 0) is 37.1 Å². The molecule has 0 aromatic heterocycles. The molecule has 0 radical (unpaired) electrons. The first-order valence-corrected chi connectivity index (χ1v) is 7.40. The van der Waals surface area contributed by atoms with Gasteiger partial charge in [0.1, 0.15) is 0 Å². The molecule has 5 heteroatoms. The van der Waals surface area contributed by atoms with Crippen molar-refractivity contribution >= 4 is 40.5 Å². The average Bonchev–Trinajstić information content (AvgIpc) is 2.78. The van der Waals surface area contributed by atoms with E-state index < -0.39 is 0 Å². The van der Waals surface area contributed by atoms with E-state index in [0.717, 1.165) is 17.7 Å². The van der Waals surface area contributed by atoms with Crippen molar-refractivity contribution in [3.05, 3.63) is 57.6 Å². The van der Waals surface area contributed by atoms with Crippen LogP contribution in [0.3, 0.4) is 0 Å². The van der Waals surface area contributed by atoms with Crippen LogP contribution in [0, 0.1) is 0 Å². The molecule has 0 saturated heterocycles. The molecule has 0 fully saturated rings. The van der Waals surface area contributed by atoms with E-state index in [1.165, 1.54) is 0 Å². The zero-order valence-electron chi connectivity index (χ0n) is 11.4. The zero-order chi connectivity index (χ0) is 15.1. The number of para-hydroxylation sites is 1. The second-order valence-electron chi connectivity index (χ2n) is 5.22. The molecule has 2 aromatic carbocycles. The van der Waals surface area contributed by atoms with Gasteiger partial charge in [-0.1, -0.05) is 41.4 Å². The molecule has 1 aliphatic heterocycles. The predicted molar refractivity (Wildman–Crippen MR) is 87.3 cm³/mol. The summed E-state index contributed by atoms with van der Waals surface area (Å²) >= 11 is 12.2. The van der Waals surface area contributed by atoms with E-state index in [1.807, 2.05) is 31.2 Å². The molecule has 1 aliphatic rings. The number of hydrogen-bond donors (Lipinski definition) is 1. The van der Waals surface area contributed by atoms with Crippen LogP contribution in [0.15, 0.2) is 36.4 Å². The van der Waals surface area contributed by atoms with Crippen molar-refractivity contribution in [2.45, 2.75) is 19.4 Å². The SMILES string of the molecule is CC1Cc2ccccc2N1C(=O)c1cc(N)cc(Cl)c1Cl. The van der Waals surface area contributed by atoms with Crippen molar-refractivity contribution < 1.29 is 4.79 Å². The highest BCUT2D eigenvalue weighted by Gasteiger charge is 2.32. The number of carbonyl (C=O) groups is 1. The molecule has 3 rings (SSSR count). The molecular formula is C16H14Cl2N2O. The summed E-state index contributed by atoms with van der Waals surface area (Å²) in [6, 6.07) is 11.1. The highest BCUT2D eigenvalue weighted by Crippen LogP contribution is 2.36. The minimum Gasteiger partial charge on any atom is -0.399 e. The molecule has 1 atom stereocenters. The topological polar surface area (TPSA) is 46.3 Å². The minimum atomic E-state index is -0.174. The Morgan fingerprint density at radius 1 is 1.29 bits per heavy atom. The van der Waals surface area contributed by atoms with Crippen LogP contribution in [0.5, 0.6) is 0 Å². The molecule has 0 aliphatic carbocycles. The van der Waals surface area contributed by atoms with Crippen molar-refractivity contribution in [2.24, 2.45) is 0 Å². The Morgan fingerprint density at radius 2 is 2.00 bits per heavy atom. The highest BCUT2D eigenvalue weighted by atomic mass is 35.5. The van der Waals surface area contributed by atoms with Gasteiger partial charge in [-0.3, -0.25) is 4.79 Å². The van der Waals surface area contributed by atoms with Gasteiger partial charge < -0.3 is 10.6 Å². The van der Waals surface area contributed by atoms with E-state index in [-0.39, 0.29) is 17.0 Å². The Kier molecular flexibility index (Phi) is 3.56. The highest BCUT2D eigenvalue weighted by molar-refractivity contribution is 6.44. The first-order chi connectivity index (χ1) is 9.99. The second kappa shape index (κ2) is 5.24. The molecule has 21 heavy (non-hydrogen) atoms. The van der Waals surface area contributed by atoms with Gasteiger partial charge in [0.05, 0.1) is 15.6 Å². The van der Waals surface area contributed by atoms with Gasteiger partial charge in [0, 0.05) is 17.4 Å². The largest absolute Gasteiger partial charge is 0.399 e. The molecule has 0 bridgehead atoms. The lowest BCUT2D eigenvalue weighted by atomic mass is 10.1. The van der Waals surface area contributed by atoms with Crippen molar-refractivity contribution in [2.75, 3.05) is 10.6 Å². The number of nitrogens with two attached hydrogens (primary N) is 1. The Balaban J connectivity index is 2.08. The third kappa shape index (κ3) is 2.37. The lowest BCUT2D eigenvalue weighted by molar-refractivity contribution is 0.0981.